The predicted molar refractivity (Wildman–Crippen MR) is 295 cm³/mol. The fourth-order valence-corrected chi connectivity index (χ4v) is 11.3. The van der Waals surface area contributed by atoms with Crippen LogP contribution in [0.2, 0.25) is 0 Å². The molecule has 0 N–H and O–H groups in total. The fraction of sp³-hybridized carbons (Fsp3) is 0.156. The molecule has 0 radical (unpaired) electrons. The third kappa shape index (κ3) is 6.99. The van der Waals surface area contributed by atoms with Gasteiger partial charge in [0, 0.05) is 108 Å². The van der Waals surface area contributed by atoms with E-state index in [-0.39, 0.29) is 31.9 Å². The Bertz CT molecular complexity index is 4030. The second kappa shape index (κ2) is 16.7. The van der Waals surface area contributed by atoms with E-state index in [1.807, 2.05) is 24.4 Å². The maximum Gasteiger partial charge on any atom is 0.135 e. The van der Waals surface area contributed by atoms with Crippen LogP contribution >= 0.6 is 0 Å². The summed E-state index contributed by atoms with van der Waals surface area (Å²) in [4.78, 5) is 9.86. The van der Waals surface area contributed by atoms with Gasteiger partial charge in [0.1, 0.15) is 5.82 Å². The molecule has 0 atom stereocenters. The molecule has 1 aliphatic heterocycles. The quantitative estimate of drug-likeness (QED) is 0.156. The Morgan fingerprint density at radius 2 is 1.08 bits per heavy atom. The summed E-state index contributed by atoms with van der Waals surface area (Å²) >= 11 is 0. The maximum atomic E-state index is 6.83. The van der Waals surface area contributed by atoms with Crippen LogP contribution in [-0.4, -0.2) is 18.7 Å². The molecule has 8 heteroatoms. The van der Waals surface area contributed by atoms with Crippen molar-refractivity contribution in [1.82, 2.24) is 18.7 Å². The van der Waals surface area contributed by atoms with Gasteiger partial charge in [0.25, 0.3) is 0 Å². The van der Waals surface area contributed by atoms with Crippen molar-refractivity contribution in [1.29, 1.82) is 0 Å². The number of ether oxygens (including phenoxy) is 1. The van der Waals surface area contributed by atoms with Gasteiger partial charge in [0.05, 0.1) is 16.7 Å². The monoisotopic (exact) mass is 1120 g/mol. The van der Waals surface area contributed by atoms with Gasteiger partial charge in [-0.1, -0.05) is 144 Å². The molecule has 5 heterocycles. The van der Waals surface area contributed by atoms with Gasteiger partial charge in [0.2, 0.25) is 0 Å². The summed E-state index contributed by atoms with van der Waals surface area (Å²) < 4.78 is 13.8. The normalized spacial score (nSPS) is 13.1. The summed E-state index contributed by atoms with van der Waals surface area (Å²) in [5.74, 6) is 2.03. The molecule has 8 aromatic carbocycles. The molecular formula is C64H53N6OPt-3. The van der Waals surface area contributed by atoms with Gasteiger partial charge in [0.15, 0.2) is 0 Å². The maximum absolute atomic E-state index is 6.83. The van der Waals surface area contributed by atoms with Gasteiger partial charge in [-0.05, 0) is 69.3 Å². The Morgan fingerprint density at radius 1 is 0.500 bits per heavy atom. The van der Waals surface area contributed by atoms with Gasteiger partial charge in [-0.2, -0.15) is 12.1 Å². The van der Waals surface area contributed by atoms with Crippen LogP contribution in [0.4, 0.5) is 22.7 Å². The van der Waals surface area contributed by atoms with Gasteiger partial charge >= 0.3 is 0 Å². The van der Waals surface area contributed by atoms with Crippen LogP contribution in [0, 0.1) is 18.8 Å². The molecule has 0 amide bonds. The molecule has 7 nitrogen and oxygen atoms in total. The van der Waals surface area contributed by atoms with Crippen LogP contribution in [0.15, 0.2) is 170 Å². The molecule has 358 valence electrons. The molecule has 0 saturated carbocycles. The Kier molecular flexibility index (Phi) is 10.6. The first-order valence-corrected chi connectivity index (χ1v) is 24.5. The number of fused-ring (bicyclic) bond motifs is 10. The number of nitrogens with zero attached hydrogens (tertiary/aromatic N) is 6. The van der Waals surface area contributed by atoms with E-state index in [9.17, 15) is 0 Å². The first kappa shape index (κ1) is 45.5. The van der Waals surface area contributed by atoms with E-state index in [4.69, 9.17) is 9.72 Å². The first-order valence-electron chi connectivity index (χ1n) is 24.5. The molecule has 13 rings (SSSR count). The summed E-state index contributed by atoms with van der Waals surface area (Å²) in [6.07, 6.45) is 2.05. The Morgan fingerprint density at radius 3 is 1.75 bits per heavy atom. The number of para-hydroxylation sites is 5. The minimum Gasteiger partial charge on any atom is -0.509 e. The number of rotatable bonds is 6. The van der Waals surface area contributed by atoms with Crippen molar-refractivity contribution < 1.29 is 25.8 Å². The smallest absolute Gasteiger partial charge is 0.135 e. The van der Waals surface area contributed by atoms with Gasteiger partial charge in [-0.15, -0.1) is 48.1 Å². The van der Waals surface area contributed by atoms with Crippen molar-refractivity contribution in [2.45, 2.75) is 52.4 Å². The first-order chi connectivity index (χ1) is 34.3. The average molecular weight is 1120 g/mol. The van der Waals surface area contributed by atoms with E-state index in [2.05, 4.69) is 244 Å². The van der Waals surface area contributed by atoms with Crippen molar-refractivity contribution in [2.75, 3.05) is 9.80 Å². The largest absolute Gasteiger partial charge is 0.509 e. The molecule has 0 bridgehead atoms. The minimum atomic E-state index is -0.150. The van der Waals surface area contributed by atoms with E-state index in [1.54, 1.807) is 0 Å². The molecule has 0 fully saturated rings. The number of hydrogen-bond donors (Lipinski definition) is 0. The molecule has 0 spiro atoms. The predicted octanol–water partition coefficient (Wildman–Crippen LogP) is 16.5. The summed E-state index contributed by atoms with van der Waals surface area (Å²) in [6.45, 7) is 15.9. The third-order valence-corrected chi connectivity index (χ3v) is 14.6. The second-order valence-electron chi connectivity index (χ2n) is 21.1. The van der Waals surface area contributed by atoms with Gasteiger partial charge in [-0.25, -0.2) is 4.98 Å². The molecule has 0 saturated heterocycles. The topological polar surface area (TPSA) is 43.4 Å². The van der Waals surface area contributed by atoms with E-state index < -0.39 is 0 Å². The van der Waals surface area contributed by atoms with E-state index in [0.29, 0.717) is 11.5 Å². The van der Waals surface area contributed by atoms with Crippen LogP contribution < -0.4 is 14.5 Å². The number of aryl methyl sites for hydroxylation is 2. The van der Waals surface area contributed by atoms with Crippen molar-refractivity contribution >= 4 is 88.2 Å². The van der Waals surface area contributed by atoms with E-state index >= 15 is 0 Å². The molecule has 0 aliphatic carbocycles. The van der Waals surface area contributed by atoms with Crippen LogP contribution in [0.5, 0.6) is 11.5 Å². The molecule has 4 aromatic heterocycles. The summed E-state index contributed by atoms with van der Waals surface area (Å²) in [5, 5.41) is 7.17. The van der Waals surface area contributed by atoms with Crippen LogP contribution in [0.3, 0.4) is 0 Å². The SMILES string of the molecule is Cn1c2ccccc2c2cc3c4ccccc4n(C)c3c(N3[CH-]N(c4[c-]c(Oc5[c-]c6c(cc5)c5cccc(C(C)(C)C)c5n6-c5cc(C(C)(C)C)c(-c6ccccc6)cn5)ccc4)c4ccccc43)c21.[Pt]. The van der Waals surface area contributed by atoms with Crippen LogP contribution in [0.1, 0.15) is 52.7 Å². The molecular weight excluding hydrogens is 1060 g/mol. The fourth-order valence-electron chi connectivity index (χ4n) is 11.3. The number of pyridine rings is 1. The van der Waals surface area contributed by atoms with E-state index in [0.717, 1.165) is 61.5 Å². The minimum absolute atomic E-state index is 0. The zero-order valence-electron chi connectivity index (χ0n) is 41.7. The van der Waals surface area contributed by atoms with Gasteiger partial charge < -0.3 is 28.2 Å². The summed E-state index contributed by atoms with van der Waals surface area (Å²) in [5.41, 5.74) is 15.4. The second-order valence-corrected chi connectivity index (χ2v) is 21.1. The number of hydrogen-bond acceptors (Lipinski definition) is 4. The summed E-state index contributed by atoms with van der Waals surface area (Å²) in [7, 11) is 4.38. The Balaban J connectivity index is 0.00000530. The zero-order chi connectivity index (χ0) is 48.5. The number of anilines is 4. The van der Waals surface area contributed by atoms with Crippen LogP contribution in [-0.2, 0) is 46.0 Å². The number of benzene rings is 8. The Labute approximate surface area is 434 Å². The number of aromatic nitrogens is 4. The van der Waals surface area contributed by atoms with Crippen LogP contribution in [0.25, 0.3) is 82.4 Å². The molecule has 0 unspecified atom stereocenters. The third-order valence-electron chi connectivity index (χ3n) is 14.6. The standard InChI is InChI=1S/C64H53N6O.Pt/c1-63(2,3)51-27-19-26-47-46-33-32-43(35-57(46)70(59(47)51)58-37-52(64(4,5)6)50(38-65-58)40-20-10-9-11-21-40)71-42-23-18-22-41(34-42)68-39-69(56-31-17-16-30-55(56)68)62-60-48(44-24-12-14-28-53(44)66(60)7)36-49-45-25-13-15-29-54(45)67(8)61(49)62;/h9-33,36-39H,1-8H3;/q-3;. The summed E-state index contributed by atoms with van der Waals surface area (Å²) in [6, 6.07) is 65.7. The van der Waals surface area contributed by atoms with Crippen molar-refractivity contribution in [3.8, 4) is 28.4 Å². The van der Waals surface area contributed by atoms with Crippen molar-refractivity contribution in [2.24, 2.45) is 14.1 Å². The molecule has 72 heavy (non-hydrogen) atoms. The van der Waals surface area contributed by atoms with E-state index in [1.165, 1.54) is 54.7 Å². The van der Waals surface area contributed by atoms with Gasteiger partial charge in [-0.3, -0.25) is 0 Å². The van der Waals surface area contributed by atoms with Crippen molar-refractivity contribution in [3.05, 3.63) is 200 Å². The zero-order valence-corrected chi connectivity index (χ0v) is 43.9. The molecule has 12 aromatic rings. The molecule has 1 aliphatic rings. The Hall–Kier alpha value is -7.60. The van der Waals surface area contributed by atoms with Crippen molar-refractivity contribution in [3.63, 3.8) is 0 Å². The average Bonchev–Trinajstić information content (AvgIpc) is 4.09.